The van der Waals surface area contributed by atoms with Crippen molar-refractivity contribution in [1.82, 2.24) is 10.2 Å². The van der Waals surface area contributed by atoms with Gasteiger partial charge in [-0.05, 0) is 31.6 Å². The van der Waals surface area contributed by atoms with Crippen LogP contribution in [0.3, 0.4) is 0 Å². The van der Waals surface area contributed by atoms with Crippen LogP contribution in [-0.4, -0.2) is 59.5 Å². The van der Waals surface area contributed by atoms with Gasteiger partial charge in [0.25, 0.3) is 0 Å². The second-order valence-corrected chi connectivity index (χ2v) is 5.96. The highest BCUT2D eigenvalue weighted by molar-refractivity contribution is 5.15. The fourth-order valence-electron chi connectivity index (χ4n) is 3.12. The number of hydrogen-bond donors (Lipinski definition) is 3. The standard InChI is InChI=1S/C15H28N2O2/c1-3-11(2)14-8-15(14)16-12-4-6-17(7-5-12)13(9-18)10-19/h12-16,18-19H,2-10H2,1H3/t14-,15+/m1/s1. The maximum atomic E-state index is 9.20. The molecular formula is C15H28N2O2. The van der Waals surface area contributed by atoms with Gasteiger partial charge in [-0.15, -0.1) is 0 Å². The normalized spacial score (nSPS) is 28.8. The Labute approximate surface area is 116 Å². The molecule has 0 aromatic carbocycles. The quantitative estimate of drug-likeness (QED) is 0.596. The molecule has 1 heterocycles. The summed E-state index contributed by atoms with van der Waals surface area (Å²) < 4.78 is 0. The zero-order valence-corrected chi connectivity index (χ0v) is 12.0. The first-order valence-corrected chi connectivity index (χ1v) is 7.59. The van der Waals surface area contributed by atoms with Crippen LogP contribution in [0.5, 0.6) is 0 Å². The molecule has 0 aromatic rings. The van der Waals surface area contributed by atoms with E-state index in [2.05, 4.69) is 23.7 Å². The van der Waals surface area contributed by atoms with Gasteiger partial charge in [0.2, 0.25) is 0 Å². The van der Waals surface area contributed by atoms with E-state index < -0.39 is 0 Å². The van der Waals surface area contributed by atoms with Crippen molar-refractivity contribution in [2.75, 3.05) is 26.3 Å². The summed E-state index contributed by atoms with van der Waals surface area (Å²) in [7, 11) is 0. The van der Waals surface area contributed by atoms with Gasteiger partial charge in [0.05, 0.1) is 19.3 Å². The zero-order valence-electron chi connectivity index (χ0n) is 12.0. The largest absolute Gasteiger partial charge is 0.395 e. The van der Waals surface area contributed by atoms with Crippen molar-refractivity contribution in [3.8, 4) is 0 Å². The predicted octanol–water partition coefficient (Wildman–Crippen LogP) is 0.748. The van der Waals surface area contributed by atoms with Crippen LogP contribution in [0.4, 0.5) is 0 Å². The van der Waals surface area contributed by atoms with E-state index in [0.29, 0.717) is 18.0 Å². The Morgan fingerprint density at radius 3 is 2.47 bits per heavy atom. The van der Waals surface area contributed by atoms with E-state index in [1.165, 1.54) is 12.0 Å². The van der Waals surface area contributed by atoms with E-state index in [-0.39, 0.29) is 19.3 Å². The first-order chi connectivity index (χ1) is 9.19. The summed E-state index contributed by atoms with van der Waals surface area (Å²) in [6.45, 7) is 8.35. The summed E-state index contributed by atoms with van der Waals surface area (Å²) in [4.78, 5) is 2.20. The van der Waals surface area contributed by atoms with E-state index in [0.717, 1.165) is 32.4 Å². The zero-order chi connectivity index (χ0) is 13.8. The molecule has 0 unspecified atom stereocenters. The third-order valence-corrected chi connectivity index (χ3v) is 4.69. The molecule has 0 spiro atoms. The molecule has 3 N–H and O–H groups in total. The molecule has 2 rings (SSSR count). The fourth-order valence-corrected chi connectivity index (χ4v) is 3.12. The highest BCUT2D eigenvalue weighted by atomic mass is 16.3. The van der Waals surface area contributed by atoms with Gasteiger partial charge in [0.15, 0.2) is 0 Å². The first kappa shape index (κ1) is 15.0. The number of aliphatic hydroxyl groups excluding tert-OH is 2. The number of hydrogen-bond acceptors (Lipinski definition) is 4. The molecule has 2 aliphatic rings. The van der Waals surface area contributed by atoms with Crippen LogP contribution >= 0.6 is 0 Å². The molecule has 0 bridgehead atoms. The summed E-state index contributed by atoms with van der Waals surface area (Å²) in [5.41, 5.74) is 1.38. The van der Waals surface area contributed by atoms with Crippen molar-refractivity contribution < 1.29 is 10.2 Å². The van der Waals surface area contributed by atoms with Crippen molar-refractivity contribution in [3.05, 3.63) is 12.2 Å². The van der Waals surface area contributed by atoms with E-state index in [1.54, 1.807) is 0 Å². The Morgan fingerprint density at radius 1 is 1.32 bits per heavy atom. The molecule has 2 fully saturated rings. The number of nitrogens with zero attached hydrogens (tertiary/aromatic N) is 1. The minimum atomic E-state index is -0.0745. The second-order valence-electron chi connectivity index (χ2n) is 5.96. The molecule has 0 amide bonds. The summed E-state index contributed by atoms with van der Waals surface area (Å²) in [6.07, 6.45) is 4.56. The number of piperidine rings is 1. The molecule has 0 radical (unpaired) electrons. The molecule has 4 heteroatoms. The van der Waals surface area contributed by atoms with Gasteiger partial charge in [0.1, 0.15) is 0 Å². The van der Waals surface area contributed by atoms with E-state index in [9.17, 15) is 10.2 Å². The van der Waals surface area contributed by atoms with Crippen LogP contribution in [0, 0.1) is 5.92 Å². The predicted molar refractivity (Wildman–Crippen MR) is 77.0 cm³/mol. The van der Waals surface area contributed by atoms with Crippen LogP contribution in [0.2, 0.25) is 0 Å². The van der Waals surface area contributed by atoms with E-state index in [4.69, 9.17) is 0 Å². The molecular weight excluding hydrogens is 240 g/mol. The number of aliphatic hydroxyl groups is 2. The molecule has 2 atom stereocenters. The molecule has 1 saturated carbocycles. The van der Waals surface area contributed by atoms with Crippen LogP contribution in [0.25, 0.3) is 0 Å². The SMILES string of the molecule is C=C(CC)[C@H]1C[C@@H]1NC1CCN(C(CO)CO)CC1. The Hall–Kier alpha value is -0.420. The van der Waals surface area contributed by atoms with Crippen LogP contribution in [0.15, 0.2) is 12.2 Å². The lowest BCUT2D eigenvalue weighted by Crippen LogP contribution is -2.49. The lowest BCUT2D eigenvalue weighted by molar-refractivity contribution is 0.0540. The Balaban J connectivity index is 1.69. The second kappa shape index (κ2) is 6.84. The minimum absolute atomic E-state index is 0.0512. The van der Waals surface area contributed by atoms with Gasteiger partial charge in [-0.1, -0.05) is 19.1 Å². The fraction of sp³-hybridized carbons (Fsp3) is 0.867. The number of likely N-dealkylation sites (tertiary alicyclic amines) is 1. The molecule has 19 heavy (non-hydrogen) atoms. The van der Waals surface area contributed by atoms with Gasteiger partial charge >= 0.3 is 0 Å². The lowest BCUT2D eigenvalue weighted by Gasteiger charge is -2.36. The van der Waals surface area contributed by atoms with E-state index in [1.807, 2.05) is 0 Å². The van der Waals surface area contributed by atoms with Crippen LogP contribution < -0.4 is 5.32 Å². The highest BCUT2D eigenvalue weighted by Gasteiger charge is 2.39. The van der Waals surface area contributed by atoms with E-state index >= 15 is 0 Å². The summed E-state index contributed by atoms with van der Waals surface area (Å²) >= 11 is 0. The van der Waals surface area contributed by atoms with Gasteiger partial charge in [-0.2, -0.15) is 0 Å². The van der Waals surface area contributed by atoms with Crippen LogP contribution in [-0.2, 0) is 0 Å². The lowest BCUT2D eigenvalue weighted by atomic mass is 10.0. The van der Waals surface area contributed by atoms with Crippen molar-refractivity contribution in [2.24, 2.45) is 5.92 Å². The van der Waals surface area contributed by atoms with Gasteiger partial charge in [-0.3, -0.25) is 4.90 Å². The summed E-state index contributed by atoms with van der Waals surface area (Å²) in [6, 6.07) is 1.17. The number of nitrogens with one attached hydrogen (secondary N) is 1. The minimum Gasteiger partial charge on any atom is -0.395 e. The Bertz CT molecular complexity index is 297. The van der Waals surface area contributed by atoms with Crippen LogP contribution in [0.1, 0.15) is 32.6 Å². The Morgan fingerprint density at radius 2 is 1.95 bits per heavy atom. The Kier molecular flexibility index (Phi) is 5.39. The third-order valence-electron chi connectivity index (χ3n) is 4.69. The maximum Gasteiger partial charge on any atom is 0.0609 e. The molecule has 1 aliphatic carbocycles. The summed E-state index contributed by atoms with van der Waals surface area (Å²) in [5, 5.41) is 22.1. The topological polar surface area (TPSA) is 55.7 Å². The van der Waals surface area contributed by atoms with Crippen molar-refractivity contribution >= 4 is 0 Å². The van der Waals surface area contributed by atoms with Gasteiger partial charge in [0, 0.05) is 25.2 Å². The summed E-state index contributed by atoms with van der Waals surface area (Å²) in [5.74, 6) is 0.700. The average molecular weight is 268 g/mol. The smallest absolute Gasteiger partial charge is 0.0609 e. The van der Waals surface area contributed by atoms with Crippen molar-refractivity contribution in [3.63, 3.8) is 0 Å². The average Bonchev–Trinajstić information content (AvgIpc) is 3.20. The maximum absolute atomic E-state index is 9.20. The molecule has 0 aromatic heterocycles. The third kappa shape index (κ3) is 3.78. The van der Waals surface area contributed by atoms with Crippen molar-refractivity contribution in [2.45, 2.75) is 50.7 Å². The highest BCUT2D eigenvalue weighted by Crippen LogP contribution is 2.38. The first-order valence-electron chi connectivity index (χ1n) is 7.59. The number of rotatable bonds is 7. The molecule has 4 nitrogen and oxygen atoms in total. The van der Waals surface area contributed by atoms with Gasteiger partial charge < -0.3 is 15.5 Å². The van der Waals surface area contributed by atoms with Crippen molar-refractivity contribution in [1.29, 1.82) is 0 Å². The molecule has 1 saturated heterocycles. The van der Waals surface area contributed by atoms with Gasteiger partial charge in [-0.25, -0.2) is 0 Å². The monoisotopic (exact) mass is 268 g/mol. The molecule has 1 aliphatic heterocycles. The molecule has 110 valence electrons.